The standard InChI is InChI=1S/C13H11FN4O3/c1-20-13(19)11-3-10(6-17-12(11)18-7-15)21-9-2-8(14)4-16-5-9/h2-7H,1H3,(H2,15,17,18). The van der Waals surface area contributed by atoms with E-state index in [1.807, 2.05) is 0 Å². The number of carbonyl (C=O) groups excluding carboxylic acids is 1. The Bertz CT molecular complexity index is 691. The minimum Gasteiger partial charge on any atom is -0.465 e. The van der Waals surface area contributed by atoms with Gasteiger partial charge in [0.15, 0.2) is 5.82 Å². The fourth-order valence-corrected chi connectivity index (χ4v) is 1.51. The Morgan fingerprint density at radius 1 is 1.33 bits per heavy atom. The van der Waals surface area contributed by atoms with E-state index in [0.29, 0.717) is 0 Å². The fraction of sp³-hybridized carbons (Fsp3) is 0.0769. The van der Waals surface area contributed by atoms with Gasteiger partial charge in [-0.3, -0.25) is 4.98 Å². The topological polar surface area (TPSA) is 99.7 Å². The van der Waals surface area contributed by atoms with Crippen LogP contribution in [0, 0.1) is 5.82 Å². The molecule has 0 atom stereocenters. The van der Waals surface area contributed by atoms with Gasteiger partial charge >= 0.3 is 5.97 Å². The number of rotatable bonds is 4. The largest absolute Gasteiger partial charge is 0.465 e. The number of nitrogens with two attached hydrogens (primary N) is 1. The summed E-state index contributed by atoms with van der Waals surface area (Å²) in [6.45, 7) is 0. The van der Waals surface area contributed by atoms with Crippen LogP contribution in [0.4, 0.5) is 10.2 Å². The number of methoxy groups -OCH3 is 1. The van der Waals surface area contributed by atoms with Crippen LogP contribution in [0.1, 0.15) is 10.4 Å². The molecule has 2 heterocycles. The number of nitrogens with zero attached hydrogens (tertiary/aromatic N) is 3. The molecule has 0 aromatic carbocycles. The number of hydrogen-bond donors (Lipinski definition) is 1. The minimum absolute atomic E-state index is 0.0704. The molecule has 0 bridgehead atoms. The Kier molecular flexibility index (Phi) is 4.39. The molecule has 0 spiro atoms. The van der Waals surface area contributed by atoms with Crippen molar-refractivity contribution < 1.29 is 18.7 Å². The molecule has 0 saturated heterocycles. The number of carbonyl (C=O) groups is 1. The lowest BCUT2D eigenvalue weighted by atomic mass is 10.2. The van der Waals surface area contributed by atoms with Crippen molar-refractivity contribution in [3.63, 3.8) is 0 Å². The molecule has 0 amide bonds. The van der Waals surface area contributed by atoms with E-state index in [2.05, 4.69) is 19.7 Å². The van der Waals surface area contributed by atoms with E-state index >= 15 is 0 Å². The quantitative estimate of drug-likeness (QED) is 0.523. The van der Waals surface area contributed by atoms with Crippen LogP contribution < -0.4 is 10.5 Å². The molecule has 2 N–H and O–H groups in total. The number of pyridine rings is 2. The average Bonchev–Trinajstić information content (AvgIpc) is 2.48. The van der Waals surface area contributed by atoms with E-state index in [0.717, 1.165) is 18.6 Å². The monoisotopic (exact) mass is 290 g/mol. The molecule has 21 heavy (non-hydrogen) atoms. The minimum atomic E-state index is -0.647. The first-order valence-corrected chi connectivity index (χ1v) is 5.75. The highest BCUT2D eigenvalue weighted by Crippen LogP contribution is 2.26. The van der Waals surface area contributed by atoms with Gasteiger partial charge in [0.25, 0.3) is 0 Å². The summed E-state index contributed by atoms with van der Waals surface area (Å²) in [5.41, 5.74) is 5.25. The lowest BCUT2D eigenvalue weighted by Gasteiger charge is -2.08. The predicted octanol–water partition coefficient (Wildman–Crippen LogP) is 1.81. The lowest BCUT2D eigenvalue weighted by molar-refractivity contribution is 0.0601. The van der Waals surface area contributed by atoms with Crippen LogP contribution in [0.25, 0.3) is 0 Å². The van der Waals surface area contributed by atoms with Crippen molar-refractivity contribution in [3.8, 4) is 11.5 Å². The van der Waals surface area contributed by atoms with Crippen molar-refractivity contribution in [2.24, 2.45) is 10.7 Å². The van der Waals surface area contributed by atoms with Gasteiger partial charge in [0, 0.05) is 12.1 Å². The van der Waals surface area contributed by atoms with Crippen molar-refractivity contribution in [1.29, 1.82) is 0 Å². The van der Waals surface area contributed by atoms with E-state index in [9.17, 15) is 9.18 Å². The molecule has 0 aliphatic carbocycles. The molecule has 2 aromatic rings. The fourth-order valence-electron chi connectivity index (χ4n) is 1.51. The van der Waals surface area contributed by atoms with E-state index in [4.69, 9.17) is 10.5 Å². The summed E-state index contributed by atoms with van der Waals surface area (Å²) >= 11 is 0. The number of esters is 1. The lowest BCUT2D eigenvalue weighted by Crippen LogP contribution is -2.04. The highest BCUT2D eigenvalue weighted by molar-refractivity contribution is 5.94. The first-order chi connectivity index (χ1) is 10.1. The highest BCUT2D eigenvalue weighted by atomic mass is 19.1. The molecule has 0 fully saturated rings. The van der Waals surface area contributed by atoms with Gasteiger partial charge in [0.2, 0.25) is 0 Å². The molecule has 7 nitrogen and oxygen atoms in total. The van der Waals surface area contributed by atoms with Crippen LogP contribution in [-0.4, -0.2) is 29.4 Å². The third-order valence-corrected chi connectivity index (χ3v) is 2.36. The Hall–Kier alpha value is -3.03. The van der Waals surface area contributed by atoms with Crippen molar-refractivity contribution >= 4 is 18.1 Å². The molecule has 8 heteroatoms. The Morgan fingerprint density at radius 2 is 2.10 bits per heavy atom. The molecule has 0 radical (unpaired) electrons. The summed E-state index contributed by atoms with van der Waals surface area (Å²) in [5, 5.41) is 0. The van der Waals surface area contributed by atoms with Crippen LogP contribution >= 0.6 is 0 Å². The van der Waals surface area contributed by atoms with Crippen molar-refractivity contribution in [2.45, 2.75) is 0 Å². The predicted molar refractivity (Wildman–Crippen MR) is 72.2 cm³/mol. The zero-order valence-corrected chi connectivity index (χ0v) is 11.0. The second kappa shape index (κ2) is 6.42. The molecule has 0 aliphatic rings. The van der Waals surface area contributed by atoms with Crippen LogP contribution in [0.2, 0.25) is 0 Å². The summed E-state index contributed by atoms with van der Waals surface area (Å²) in [4.78, 5) is 23.0. The van der Waals surface area contributed by atoms with E-state index in [-0.39, 0.29) is 22.9 Å². The Morgan fingerprint density at radius 3 is 2.76 bits per heavy atom. The second-order valence-corrected chi connectivity index (χ2v) is 3.75. The van der Waals surface area contributed by atoms with Gasteiger partial charge in [-0.05, 0) is 0 Å². The van der Waals surface area contributed by atoms with Crippen LogP contribution in [0.5, 0.6) is 11.5 Å². The van der Waals surface area contributed by atoms with Gasteiger partial charge in [-0.2, -0.15) is 0 Å². The molecular formula is C13H11FN4O3. The maximum atomic E-state index is 13.0. The van der Waals surface area contributed by atoms with Crippen LogP contribution in [0.3, 0.4) is 0 Å². The van der Waals surface area contributed by atoms with Gasteiger partial charge < -0.3 is 15.2 Å². The highest BCUT2D eigenvalue weighted by Gasteiger charge is 2.14. The van der Waals surface area contributed by atoms with Crippen molar-refractivity contribution in [3.05, 3.63) is 42.1 Å². The summed E-state index contributed by atoms with van der Waals surface area (Å²) in [5.74, 6) is -0.723. The number of aromatic nitrogens is 2. The van der Waals surface area contributed by atoms with Gasteiger partial charge in [-0.15, -0.1) is 0 Å². The number of ether oxygens (including phenoxy) is 2. The first-order valence-electron chi connectivity index (χ1n) is 5.75. The maximum Gasteiger partial charge on any atom is 0.341 e. The normalized spacial score (nSPS) is 10.6. The molecule has 0 saturated carbocycles. The van der Waals surface area contributed by atoms with E-state index < -0.39 is 11.8 Å². The second-order valence-electron chi connectivity index (χ2n) is 3.75. The molecular weight excluding hydrogens is 279 g/mol. The van der Waals surface area contributed by atoms with Crippen molar-refractivity contribution in [1.82, 2.24) is 9.97 Å². The third-order valence-electron chi connectivity index (χ3n) is 2.36. The first kappa shape index (κ1) is 14.4. The van der Waals surface area contributed by atoms with E-state index in [1.165, 1.54) is 25.6 Å². The molecule has 2 aromatic heterocycles. The molecule has 2 rings (SSSR count). The maximum absolute atomic E-state index is 13.0. The van der Waals surface area contributed by atoms with Crippen LogP contribution in [-0.2, 0) is 4.74 Å². The van der Waals surface area contributed by atoms with Gasteiger partial charge in [0.05, 0.1) is 32.0 Å². The number of halogens is 1. The van der Waals surface area contributed by atoms with Crippen LogP contribution in [0.15, 0.2) is 35.7 Å². The molecule has 0 unspecified atom stereocenters. The summed E-state index contributed by atoms with van der Waals surface area (Å²) < 4.78 is 23.0. The average molecular weight is 290 g/mol. The van der Waals surface area contributed by atoms with Gasteiger partial charge in [0.1, 0.15) is 22.9 Å². The number of aliphatic imine (C=N–C) groups is 1. The Balaban J connectivity index is 2.35. The smallest absolute Gasteiger partial charge is 0.341 e. The van der Waals surface area contributed by atoms with Crippen molar-refractivity contribution in [2.75, 3.05) is 7.11 Å². The summed E-state index contributed by atoms with van der Waals surface area (Å²) in [7, 11) is 1.22. The van der Waals surface area contributed by atoms with E-state index in [1.54, 1.807) is 0 Å². The third kappa shape index (κ3) is 3.50. The SMILES string of the molecule is COC(=O)c1cc(Oc2cncc(F)c2)cnc1/N=C\N. The zero-order chi connectivity index (χ0) is 15.2. The summed E-state index contributed by atoms with van der Waals surface area (Å²) in [6, 6.07) is 2.52. The summed E-state index contributed by atoms with van der Waals surface area (Å²) in [6.07, 6.45) is 4.70. The Labute approximate surface area is 119 Å². The van der Waals surface area contributed by atoms with Gasteiger partial charge in [-0.25, -0.2) is 19.2 Å². The van der Waals surface area contributed by atoms with Gasteiger partial charge in [-0.1, -0.05) is 0 Å². The molecule has 108 valence electrons. The molecule has 0 aliphatic heterocycles. The number of hydrogen-bond acceptors (Lipinski definition) is 6. The zero-order valence-electron chi connectivity index (χ0n) is 11.0.